The van der Waals surface area contributed by atoms with Gasteiger partial charge >= 0.3 is 0 Å². The summed E-state index contributed by atoms with van der Waals surface area (Å²) in [6, 6.07) is 0.609. The van der Waals surface area contributed by atoms with Crippen LogP contribution in [0.3, 0.4) is 0 Å². The second-order valence-corrected chi connectivity index (χ2v) is 6.28. The first-order valence-corrected chi connectivity index (χ1v) is 9.27. The van der Waals surface area contributed by atoms with Gasteiger partial charge in [-0.1, -0.05) is 85.0 Å². The van der Waals surface area contributed by atoms with Gasteiger partial charge in [0.25, 0.3) is 0 Å². The maximum atomic E-state index is 4.95. The van der Waals surface area contributed by atoms with Crippen molar-refractivity contribution in [2.75, 3.05) is 0 Å². The SMILES string of the molecule is CCCCCCCC(CCCCCCC)N=C(C)CC. The smallest absolute Gasteiger partial charge is 0.0498 e. The van der Waals surface area contributed by atoms with Crippen molar-refractivity contribution in [3.63, 3.8) is 0 Å². The van der Waals surface area contributed by atoms with E-state index >= 15 is 0 Å². The van der Waals surface area contributed by atoms with Gasteiger partial charge in [0.1, 0.15) is 0 Å². The molecule has 0 heterocycles. The molecule has 0 amide bonds. The van der Waals surface area contributed by atoms with Crippen molar-refractivity contribution in [2.24, 2.45) is 4.99 Å². The Morgan fingerprint density at radius 1 is 0.700 bits per heavy atom. The zero-order valence-corrected chi connectivity index (χ0v) is 14.7. The summed E-state index contributed by atoms with van der Waals surface area (Å²) in [5, 5.41) is 0. The summed E-state index contributed by atoms with van der Waals surface area (Å²) < 4.78 is 0. The molecule has 0 spiro atoms. The zero-order valence-electron chi connectivity index (χ0n) is 14.7. The highest BCUT2D eigenvalue weighted by Gasteiger charge is 2.07. The van der Waals surface area contributed by atoms with Gasteiger partial charge in [-0.25, -0.2) is 0 Å². The number of rotatable bonds is 14. The van der Waals surface area contributed by atoms with Crippen LogP contribution in [0.25, 0.3) is 0 Å². The number of hydrogen-bond donors (Lipinski definition) is 0. The fourth-order valence-corrected chi connectivity index (χ4v) is 2.64. The topological polar surface area (TPSA) is 12.4 Å². The lowest BCUT2D eigenvalue weighted by atomic mass is 10.0. The minimum absolute atomic E-state index is 0.609. The normalized spacial score (nSPS) is 12.3. The molecule has 0 aliphatic carbocycles. The van der Waals surface area contributed by atoms with Crippen LogP contribution in [0, 0.1) is 0 Å². The first-order chi connectivity index (χ1) is 9.74. The fraction of sp³-hybridized carbons (Fsp3) is 0.947. The van der Waals surface area contributed by atoms with Gasteiger partial charge in [0.2, 0.25) is 0 Å². The highest BCUT2D eigenvalue weighted by Crippen LogP contribution is 2.16. The molecule has 0 atom stereocenters. The molecule has 120 valence electrons. The second-order valence-electron chi connectivity index (χ2n) is 6.28. The predicted octanol–water partition coefficient (Wildman–Crippen LogP) is 6.95. The Labute approximate surface area is 128 Å². The molecule has 0 aromatic carbocycles. The van der Waals surface area contributed by atoms with Gasteiger partial charge in [0.15, 0.2) is 0 Å². The van der Waals surface area contributed by atoms with Gasteiger partial charge < -0.3 is 0 Å². The molecular formula is C19H39N. The molecule has 0 rings (SSSR count). The number of hydrogen-bond acceptors (Lipinski definition) is 1. The molecular weight excluding hydrogens is 242 g/mol. The molecule has 0 radical (unpaired) electrons. The van der Waals surface area contributed by atoms with E-state index in [-0.39, 0.29) is 0 Å². The van der Waals surface area contributed by atoms with E-state index in [2.05, 4.69) is 27.7 Å². The first-order valence-electron chi connectivity index (χ1n) is 9.27. The van der Waals surface area contributed by atoms with Gasteiger partial charge in [-0.3, -0.25) is 4.99 Å². The standard InChI is InChI=1S/C19H39N/c1-5-8-10-12-14-16-19(20-18(4)7-3)17-15-13-11-9-6-2/h19H,5-17H2,1-4H3. The van der Waals surface area contributed by atoms with Crippen LogP contribution in [0.15, 0.2) is 4.99 Å². The highest BCUT2D eigenvalue weighted by molar-refractivity contribution is 5.81. The van der Waals surface area contributed by atoms with E-state index in [1.165, 1.54) is 82.8 Å². The summed E-state index contributed by atoms with van der Waals surface area (Å²) in [7, 11) is 0. The molecule has 0 saturated heterocycles. The minimum Gasteiger partial charge on any atom is -0.291 e. The van der Waals surface area contributed by atoms with Crippen LogP contribution < -0.4 is 0 Å². The number of nitrogens with zero attached hydrogens (tertiary/aromatic N) is 1. The summed E-state index contributed by atoms with van der Waals surface area (Å²) in [6.45, 7) is 8.99. The summed E-state index contributed by atoms with van der Waals surface area (Å²) in [5.41, 5.74) is 1.34. The molecule has 0 aromatic rings. The molecule has 0 saturated carbocycles. The Bertz CT molecular complexity index is 206. The quantitative estimate of drug-likeness (QED) is 0.241. The lowest BCUT2D eigenvalue weighted by Crippen LogP contribution is -2.08. The van der Waals surface area contributed by atoms with Crippen molar-refractivity contribution < 1.29 is 0 Å². The molecule has 0 aromatic heterocycles. The van der Waals surface area contributed by atoms with Gasteiger partial charge in [-0.05, 0) is 26.2 Å². The maximum absolute atomic E-state index is 4.95. The second kappa shape index (κ2) is 15.1. The van der Waals surface area contributed by atoms with E-state index < -0.39 is 0 Å². The Balaban J connectivity index is 3.89. The predicted molar refractivity (Wildman–Crippen MR) is 93.9 cm³/mol. The van der Waals surface area contributed by atoms with E-state index in [1.54, 1.807) is 0 Å². The van der Waals surface area contributed by atoms with Crippen LogP contribution >= 0.6 is 0 Å². The molecule has 0 fully saturated rings. The third-order valence-corrected chi connectivity index (χ3v) is 4.20. The fourth-order valence-electron chi connectivity index (χ4n) is 2.64. The lowest BCUT2D eigenvalue weighted by Gasteiger charge is -2.14. The third-order valence-electron chi connectivity index (χ3n) is 4.20. The van der Waals surface area contributed by atoms with Crippen molar-refractivity contribution in [1.29, 1.82) is 0 Å². The molecule has 0 bridgehead atoms. The van der Waals surface area contributed by atoms with E-state index in [9.17, 15) is 0 Å². The Morgan fingerprint density at radius 3 is 1.55 bits per heavy atom. The van der Waals surface area contributed by atoms with Gasteiger partial charge in [-0.15, -0.1) is 0 Å². The van der Waals surface area contributed by atoms with Crippen LogP contribution in [0.1, 0.15) is 111 Å². The summed E-state index contributed by atoms with van der Waals surface area (Å²) in [4.78, 5) is 4.95. The highest BCUT2D eigenvalue weighted by atomic mass is 14.8. The van der Waals surface area contributed by atoms with E-state index in [4.69, 9.17) is 4.99 Å². The zero-order chi connectivity index (χ0) is 15.1. The molecule has 0 unspecified atom stereocenters. The molecule has 0 aliphatic heterocycles. The summed E-state index contributed by atoms with van der Waals surface area (Å²) >= 11 is 0. The minimum atomic E-state index is 0.609. The molecule has 0 aliphatic rings. The maximum Gasteiger partial charge on any atom is 0.0498 e. The molecule has 0 N–H and O–H groups in total. The third kappa shape index (κ3) is 12.7. The van der Waals surface area contributed by atoms with Crippen molar-refractivity contribution in [1.82, 2.24) is 0 Å². The molecule has 1 heteroatoms. The van der Waals surface area contributed by atoms with E-state index in [0.717, 1.165) is 6.42 Å². The number of unbranched alkanes of at least 4 members (excludes halogenated alkanes) is 8. The van der Waals surface area contributed by atoms with Crippen LogP contribution in [0.2, 0.25) is 0 Å². The van der Waals surface area contributed by atoms with Gasteiger partial charge in [0, 0.05) is 11.8 Å². The van der Waals surface area contributed by atoms with Crippen molar-refractivity contribution in [3.05, 3.63) is 0 Å². The van der Waals surface area contributed by atoms with Crippen LogP contribution in [-0.4, -0.2) is 11.8 Å². The van der Waals surface area contributed by atoms with Crippen molar-refractivity contribution in [3.8, 4) is 0 Å². The van der Waals surface area contributed by atoms with Crippen LogP contribution in [0.4, 0.5) is 0 Å². The number of aliphatic imine (C=N–C) groups is 1. The first kappa shape index (κ1) is 19.7. The largest absolute Gasteiger partial charge is 0.291 e. The lowest BCUT2D eigenvalue weighted by molar-refractivity contribution is 0.488. The van der Waals surface area contributed by atoms with Crippen LogP contribution in [-0.2, 0) is 0 Å². The molecule has 20 heavy (non-hydrogen) atoms. The van der Waals surface area contributed by atoms with E-state index in [0.29, 0.717) is 6.04 Å². The Morgan fingerprint density at radius 2 is 1.15 bits per heavy atom. The van der Waals surface area contributed by atoms with Crippen LogP contribution in [0.5, 0.6) is 0 Å². The van der Waals surface area contributed by atoms with Gasteiger partial charge in [-0.2, -0.15) is 0 Å². The average molecular weight is 282 g/mol. The summed E-state index contributed by atoms with van der Waals surface area (Å²) in [6.07, 6.45) is 17.6. The average Bonchev–Trinajstić information content (AvgIpc) is 2.46. The summed E-state index contributed by atoms with van der Waals surface area (Å²) in [5.74, 6) is 0. The van der Waals surface area contributed by atoms with Gasteiger partial charge in [0.05, 0.1) is 0 Å². The van der Waals surface area contributed by atoms with E-state index in [1.807, 2.05) is 0 Å². The monoisotopic (exact) mass is 281 g/mol. The molecule has 1 nitrogen and oxygen atoms in total. The van der Waals surface area contributed by atoms with Crippen molar-refractivity contribution >= 4 is 5.71 Å². The Hall–Kier alpha value is -0.330. The van der Waals surface area contributed by atoms with Crippen molar-refractivity contribution in [2.45, 2.75) is 117 Å². The Kier molecular flexibility index (Phi) is 14.8.